The first-order chi connectivity index (χ1) is 19.6. The molecule has 3 rings (SSSR count). The van der Waals surface area contributed by atoms with Gasteiger partial charge in [0.2, 0.25) is 0 Å². The highest BCUT2D eigenvalue weighted by Gasteiger charge is 2.30. The number of carbonyl (C=O) groups is 3. The number of nitrogens with zero attached hydrogens (tertiary/aromatic N) is 1. The highest BCUT2D eigenvalue weighted by atomic mass is 16.6. The van der Waals surface area contributed by atoms with Crippen LogP contribution in [-0.4, -0.2) is 86.4 Å². The van der Waals surface area contributed by atoms with Crippen molar-refractivity contribution in [1.82, 2.24) is 10.2 Å². The highest BCUT2D eigenvalue weighted by molar-refractivity contribution is 5.81. The van der Waals surface area contributed by atoms with E-state index in [-0.39, 0.29) is 18.9 Å². The van der Waals surface area contributed by atoms with Gasteiger partial charge in [-0.15, -0.1) is 0 Å². The fraction of sp³-hybridized carbons (Fsp3) is 0.516. The lowest BCUT2D eigenvalue weighted by Crippen LogP contribution is -2.42. The molecule has 0 aliphatic heterocycles. The monoisotopic (exact) mass is 570 g/mol. The molecule has 1 aliphatic rings. The van der Waals surface area contributed by atoms with Gasteiger partial charge in [0.05, 0.1) is 19.8 Å². The summed E-state index contributed by atoms with van der Waals surface area (Å²) in [4.78, 5) is 38.7. The Morgan fingerprint density at radius 1 is 0.927 bits per heavy atom. The molecule has 0 aromatic heterocycles. The molecule has 224 valence electrons. The summed E-state index contributed by atoms with van der Waals surface area (Å²) in [5.74, 6) is -1.26. The lowest BCUT2D eigenvalue weighted by Gasteiger charge is -2.27. The number of alkyl carbamates (subject to hydrolysis) is 1. The second-order valence-electron chi connectivity index (χ2n) is 10.9. The fourth-order valence-corrected chi connectivity index (χ4v) is 4.73. The van der Waals surface area contributed by atoms with Crippen LogP contribution in [-0.2, 0) is 23.7 Å². The number of carboxylic acids is 1. The van der Waals surface area contributed by atoms with E-state index in [1.807, 2.05) is 48.5 Å². The Bertz CT molecular complexity index is 1120. The average molecular weight is 571 g/mol. The van der Waals surface area contributed by atoms with Crippen LogP contribution in [0.2, 0.25) is 0 Å². The Labute approximate surface area is 241 Å². The SMILES string of the molecule is COCCOCCN(CCCC[C@@H](NC(=O)OCC1c2ccccc2-c2ccccc21)C(=O)O)C(=O)OC(C)(C)C. The van der Waals surface area contributed by atoms with E-state index in [2.05, 4.69) is 5.32 Å². The largest absolute Gasteiger partial charge is 0.480 e. The molecule has 0 radical (unpaired) electrons. The third kappa shape index (κ3) is 9.75. The van der Waals surface area contributed by atoms with Gasteiger partial charge in [-0.1, -0.05) is 48.5 Å². The predicted octanol–water partition coefficient (Wildman–Crippen LogP) is 5.05. The Morgan fingerprint density at radius 3 is 2.15 bits per heavy atom. The summed E-state index contributed by atoms with van der Waals surface area (Å²) >= 11 is 0. The summed E-state index contributed by atoms with van der Waals surface area (Å²) in [6.07, 6.45) is -0.0635. The summed E-state index contributed by atoms with van der Waals surface area (Å²) < 4.78 is 21.5. The van der Waals surface area contributed by atoms with Gasteiger partial charge in [0.15, 0.2) is 0 Å². The maximum absolute atomic E-state index is 12.7. The number of methoxy groups -OCH3 is 1. The van der Waals surface area contributed by atoms with Gasteiger partial charge in [-0.05, 0) is 62.3 Å². The number of amides is 2. The van der Waals surface area contributed by atoms with E-state index in [9.17, 15) is 19.5 Å². The van der Waals surface area contributed by atoms with Crippen molar-refractivity contribution in [2.45, 2.75) is 57.6 Å². The zero-order valence-electron chi connectivity index (χ0n) is 24.4. The molecule has 0 heterocycles. The molecule has 0 unspecified atom stereocenters. The number of fused-ring (bicyclic) bond motifs is 3. The van der Waals surface area contributed by atoms with Gasteiger partial charge in [-0.25, -0.2) is 14.4 Å². The lowest BCUT2D eigenvalue weighted by atomic mass is 9.98. The Kier molecular flexibility index (Phi) is 12.0. The lowest BCUT2D eigenvalue weighted by molar-refractivity contribution is -0.139. The van der Waals surface area contributed by atoms with Gasteiger partial charge < -0.3 is 34.3 Å². The third-order valence-corrected chi connectivity index (χ3v) is 6.69. The molecule has 1 atom stereocenters. The molecular weight excluding hydrogens is 528 g/mol. The summed E-state index contributed by atoms with van der Waals surface area (Å²) in [5.41, 5.74) is 3.74. The molecule has 2 aromatic carbocycles. The van der Waals surface area contributed by atoms with E-state index in [4.69, 9.17) is 18.9 Å². The minimum Gasteiger partial charge on any atom is -0.480 e. The van der Waals surface area contributed by atoms with Crippen LogP contribution in [0.4, 0.5) is 9.59 Å². The number of carboxylic acid groups (broad SMARTS) is 1. The number of aliphatic carboxylic acids is 1. The minimum atomic E-state index is -1.14. The Balaban J connectivity index is 1.48. The van der Waals surface area contributed by atoms with Gasteiger partial charge in [0, 0.05) is 26.1 Å². The van der Waals surface area contributed by atoms with Crippen LogP contribution in [0.25, 0.3) is 11.1 Å². The molecule has 0 fully saturated rings. The average Bonchev–Trinajstić information content (AvgIpc) is 3.24. The van der Waals surface area contributed by atoms with Crippen molar-refractivity contribution in [3.05, 3.63) is 59.7 Å². The zero-order chi connectivity index (χ0) is 29.8. The van der Waals surface area contributed by atoms with Crippen LogP contribution in [0.3, 0.4) is 0 Å². The van der Waals surface area contributed by atoms with Crippen LogP contribution >= 0.6 is 0 Å². The van der Waals surface area contributed by atoms with Crippen LogP contribution < -0.4 is 5.32 Å². The van der Waals surface area contributed by atoms with Gasteiger partial charge in [-0.3, -0.25) is 0 Å². The second kappa shape index (κ2) is 15.4. The molecule has 10 nitrogen and oxygen atoms in total. The van der Waals surface area contributed by atoms with Crippen molar-refractivity contribution in [3.63, 3.8) is 0 Å². The smallest absolute Gasteiger partial charge is 0.410 e. The predicted molar refractivity (Wildman–Crippen MR) is 154 cm³/mol. The molecule has 0 spiro atoms. The van der Waals surface area contributed by atoms with Crippen molar-refractivity contribution >= 4 is 18.2 Å². The summed E-state index contributed by atoms with van der Waals surface area (Å²) in [6.45, 7) is 7.38. The number of hydrogen-bond donors (Lipinski definition) is 2. The maximum Gasteiger partial charge on any atom is 0.410 e. The van der Waals surface area contributed by atoms with Crippen LogP contribution in [0.15, 0.2) is 48.5 Å². The fourth-order valence-electron chi connectivity index (χ4n) is 4.73. The summed E-state index contributed by atoms with van der Waals surface area (Å²) in [5, 5.41) is 12.2. The number of carbonyl (C=O) groups excluding carboxylic acids is 2. The molecule has 41 heavy (non-hydrogen) atoms. The zero-order valence-corrected chi connectivity index (χ0v) is 24.4. The van der Waals surface area contributed by atoms with E-state index < -0.39 is 29.8 Å². The van der Waals surface area contributed by atoms with Crippen LogP contribution in [0.1, 0.15) is 57.1 Å². The molecule has 2 amide bonds. The summed E-state index contributed by atoms with van der Waals surface area (Å²) in [7, 11) is 1.59. The van der Waals surface area contributed by atoms with Crippen LogP contribution in [0.5, 0.6) is 0 Å². The van der Waals surface area contributed by atoms with E-state index >= 15 is 0 Å². The first kappa shape index (κ1) is 31.9. The number of rotatable bonds is 15. The van der Waals surface area contributed by atoms with E-state index in [1.54, 1.807) is 32.8 Å². The Hall–Kier alpha value is -3.63. The molecule has 0 saturated carbocycles. The standard InChI is InChI=1S/C31H42N2O8/c1-31(2,3)41-30(37)33(17-18-39-20-19-38-4)16-10-9-15-27(28(34)35)32-29(36)40-21-26-24-13-7-5-11-22(24)23-12-6-8-14-25(23)26/h5-8,11-14,26-27H,9-10,15-21H2,1-4H3,(H,32,36)(H,34,35)/t27-/m1/s1. The third-order valence-electron chi connectivity index (χ3n) is 6.69. The Morgan fingerprint density at radius 2 is 1.56 bits per heavy atom. The maximum atomic E-state index is 12.7. The van der Waals surface area contributed by atoms with Crippen molar-refractivity contribution in [1.29, 1.82) is 0 Å². The quantitative estimate of drug-likeness (QED) is 0.285. The van der Waals surface area contributed by atoms with Crippen molar-refractivity contribution in [2.24, 2.45) is 0 Å². The molecule has 0 bridgehead atoms. The van der Waals surface area contributed by atoms with Crippen molar-refractivity contribution in [2.75, 3.05) is 46.6 Å². The molecule has 2 N–H and O–H groups in total. The van der Waals surface area contributed by atoms with E-state index in [0.717, 1.165) is 22.3 Å². The normalized spacial score (nSPS) is 13.2. The van der Waals surface area contributed by atoms with E-state index in [1.165, 1.54) is 0 Å². The number of benzene rings is 2. The topological polar surface area (TPSA) is 124 Å². The van der Waals surface area contributed by atoms with Crippen LogP contribution in [0, 0.1) is 0 Å². The van der Waals surface area contributed by atoms with Gasteiger partial charge in [-0.2, -0.15) is 0 Å². The molecule has 10 heteroatoms. The highest BCUT2D eigenvalue weighted by Crippen LogP contribution is 2.44. The van der Waals surface area contributed by atoms with Gasteiger partial charge in [0.25, 0.3) is 0 Å². The molecular formula is C31H42N2O8. The number of ether oxygens (including phenoxy) is 4. The van der Waals surface area contributed by atoms with E-state index in [0.29, 0.717) is 45.8 Å². The van der Waals surface area contributed by atoms with Crippen molar-refractivity contribution < 1.29 is 38.4 Å². The molecule has 2 aromatic rings. The van der Waals surface area contributed by atoms with Gasteiger partial charge >= 0.3 is 18.2 Å². The first-order valence-electron chi connectivity index (χ1n) is 14.0. The number of unbranched alkanes of at least 4 members (excludes halogenated alkanes) is 1. The van der Waals surface area contributed by atoms with Gasteiger partial charge in [0.1, 0.15) is 18.2 Å². The molecule has 0 saturated heterocycles. The number of nitrogens with one attached hydrogen (secondary N) is 1. The summed E-state index contributed by atoms with van der Waals surface area (Å²) in [6, 6.07) is 14.9. The molecule has 1 aliphatic carbocycles. The number of hydrogen-bond acceptors (Lipinski definition) is 7. The first-order valence-corrected chi connectivity index (χ1v) is 14.0. The van der Waals surface area contributed by atoms with Crippen molar-refractivity contribution in [3.8, 4) is 11.1 Å². The minimum absolute atomic E-state index is 0.101. The second-order valence-corrected chi connectivity index (χ2v) is 10.9.